The molecule has 6 aromatic heterocycles. The number of ether oxygens (including phenoxy) is 2. The second-order valence-electron chi connectivity index (χ2n) is 18.8. The lowest BCUT2D eigenvalue weighted by Crippen LogP contribution is -2.38. The Balaban J connectivity index is 0.000000152. The van der Waals surface area contributed by atoms with Crippen LogP contribution in [-0.4, -0.2) is 98.7 Å². The Kier molecular flexibility index (Phi) is 12.0. The molecule has 2 aromatic carbocycles. The zero-order valence-electron chi connectivity index (χ0n) is 39.0. The lowest BCUT2D eigenvalue weighted by Gasteiger charge is -2.29. The van der Waals surface area contributed by atoms with Gasteiger partial charge in [0.25, 0.3) is 11.8 Å². The van der Waals surface area contributed by atoms with Crippen molar-refractivity contribution in [1.29, 1.82) is 0 Å². The first kappa shape index (κ1) is 44.6. The Hall–Kier alpha value is -7.90. The first-order valence-corrected chi connectivity index (χ1v) is 24.1. The van der Waals surface area contributed by atoms with Crippen LogP contribution in [0.2, 0.25) is 0 Å². The molecule has 4 saturated carbocycles. The van der Waals surface area contributed by atoms with Gasteiger partial charge in [0.2, 0.25) is 11.8 Å². The molecule has 0 bridgehead atoms. The van der Waals surface area contributed by atoms with Gasteiger partial charge in [-0.15, -0.1) is 0 Å². The number of carbonyl (C=O) groups excluding carboxylic acids is 4. The van der Waals surface area contributed by atoms with Gasteiger partial charge < -0.3 is 30.7 Å². The Morgan fingerprint density at radius 2 is 0.971 bits per heavy atom. The Bertz CT molecular complexity index is 3040. The molecule has 360 valence electrons. The van der Waals surface area contributed by atoms with Gasteiger partial charge in [0.15, 0.2) is 11.3 Å². The number of amides is 4. The molecule has 4 fully saturated rings. The number of nitrogens with one attached hydrogen (secondary N) is 4. The van der Waals surface area contributed by atoms with Crippen LogP contribution in [0.5, 0.6) is 11.5 Å². The quantitative estimate of drug-likeness (QED) is 0.100. The fraction of sp³-hybridized carbons (Fsp3) is 0.400. The molecular formula is C50H54N14O6. The maximum atomic E-state index is 13.1. The molecule has 20 nitrogen and oxygen atoms in total. The van der Waals surface area contributed by atoms with Crippen molar-refractivity contribution >= 4 is 68.1 Å². The van der Waals surface area contributed by atoms with Crippen LogP contribution in [-0.2, 0) is 9.59 Å². The molecule has 6 heterocycles. The molecule has 0 radical (unpaired) electrons. The first-order valence-electron chi connectivity index (χ1n) is 24.1. The van der Waals surface area contributed by atoms with Crippen molar-refractivity contribution in [3.05, 3.63) is 97.1 Å². The maximum absolute atomic E-state index is 13.1. The number of fused-ring (bicyclic) bond motifs is 4. The van der Waals surface area contributed by atoms with E-state index < -0.39 is 0 Å². The van der Waals surface area contributed by atoms with Crippen molar-refractivity contribution in [3.63, 3.8) is 0 Å². The van der Waals surface area contributed by atoms with Crippen molar-refractivity contribution in [3.8, 4) is 11.5 Å². The van der Waals surface area contributed by atoms with Gasteiger partial charge in [-0.05, 0) is 101 Å². The maximum Gasteiger partial charge on any atom is 0.259 e. The molecule has 12 rings (SSSR count). The summed E-state index contributed by atoms with van der Waals surface area (Å²) >= 11 is 0. The SMILES string of the molecule is COc1cc2nn(C3CCC(NC(=O)C4CC4)CC3)cc2cc1C(=O)Nc1cnn2cccnc12.COc1cc2nn(C3CCC(NC(=O)C4CC4)CC3)cc2cc1C(=O)Nc1cnn2cccnc12. The molecule has 4 aliphatic rings. The number of benzene rings is 2. The number of carbonyl (C=O) groups is 4. The molecule has 8 aromatic rings. The van der Waals surface area contributed by atoms with E-state index in [1.54, 1.807) is 84.7 Å². The van der Waals surface area contributed by atoms with E-state index in [4.69, 9.17) is 19.7 Å². The van der Waals surface area contributed by atoms with E-state index in [1.807, 2.05) is 33.9 Å². The monoisotopic (exact) mass is 946 g/mol. The van der Waals surface area contributed by atoms with Crippen LogP contribution in [0.15, 0.2) is 86.0 Å². The van der Waals surface area contributed by atoms with E-state index in [0.717, 1.165) is 98.9 Å². The highest BCUT2D eigenvalue weighted by Crippen LogP contribution is 2.36. The van der Waals surface area contributed by atoms with Crippen LogP contribution in [0.4, 0.5) is 11.4 Å². The predicted octanol–water partition coefficient (Wildman–Crippen LogP) is 6.70. The topological polar surface area (TPSA) is 231 Å². The number of nitrogens with zero attached hydrogens (tertiary/aromatic N) is 10. The van der Waals surface area contributed by atoms with Crippen molar-refractivity contribution in [2.45, 2.75) is 101 Å². The van der Waals surface area contributed by atoms with Crippen LogP contribution in [0.25, 0.3) is 33.1 Å². The summed E-state index contributed by atoms with van der Waals surface area (Å²) in [7, 11) is 3.09. The second kappa shape index (κ2) is 18.9. The Morgan fingerprint density at radius 1 is 0.557 bits per heavy atom. The molecule has 4 aliphatic carbocycles. The van der Waals surface area contributed by atoms with Gasteiger partial charge >= 0.3 is 0 Å². The van der Waals surface area contributed by atoms with E-state index in [-0.39, 0.29) is 59.6 Å². The lowest BCUT2D eigenvalue weighted by atomic mass is 9.91. The van der Waals surface area contributed by atoms with Crippen molar-refractivity contribution < 1.29 is 28.7 Å². The molecule has 0 unspecified atom stereocenters. The van der Waals surface area contributed by atoms with Gasteiger partial charge in [0, 0.05) is 84.0 Å². The number of hydrogen-bond acceptors (Lipinski definition) is 12. The predicted molar refractivity (Wildman–Crippen MR) is 259 cm³/mol. The fourth-order valence-electron chi connectivity index (χ4n) is 9.72. The number of methoxy groups -OCH3 is 2. The molecule has 0 atom stereocenters. The standard InChI is InChI=1S/2C25H27N7O3/c2*1-35-22-12-20-16(11-19(22)25(34)29-21-13-27-31-10-2-9-26-23(21)31)14-32(30-20)18-7-5-17(6-8-18)28-24(33)15-3-4-15/h2*2,9-15,17-18H,3-8H2,1H3,(H,28,33)(H,29,34). The fourth-order valence-corrected chi connectivity index (χ4v) is 9.72. The molecule has 20 heteroatoms. The Labute approximate surface area is 401 Å². The molecule has 0 saturated heterocycles. The van der Waals surface area contributed by atoms with Gasteiger partial charge in [-0.2, -0.15) is 20.4 Å². The van der Waals surface area contributed by atoms with Crippen LogP contribution >= 0.6 is 0 Å². The van der Waals surface area contributed by atoms with E-state index >= 15 is 0 Å². The Morgan fingerprint density at radius 3 is 1.36 bits per heavy atom. The molecule has 4 amide bonds. The minimum atomic E-state index is -0.302. The van der Waals surface area contributed by atoms with E-state index in [0.29, 0.717) is 45.3 Å². The minimum absolute atomic E-state index is 0.219. The van der Waals surface area contributed by atoms with E-state index in [1.165, 1.54) is 0 Å². The van der Waals surface area contributed by atoms with Crippen LogP contribution in [0.3, 0.4) is 0 Å². The van der Waals surface area contributed by atoms with Crippen LogP contribution in [0.1, 0.15) is 110 Å². The second-order valence-corrected chi connectivity index (χ2v) is 18.8. The van der Waals surface area contributed by atoms with Crippen LogP contribution in [0, 0.1) is 11.8 Å². The third-order valence-corrected chi connectivity index (χ3v) is 14.0. The highest BCUT2D eigenvalue weighted by atomic mass is 16.5. The molecule has 0 aliphatic heterocycles. The average Bonchev–Trinajstić information content (AvgIpc) is 4.26. The summed E-state index contributed by atoms with van der Waals surface area (Å²) in [4.78, 5) is 59.0. The van der Waals surface area contributed by atoms with Crippen molar-refractivity contribution in [2.24, 2.45) is 11.8 Å². The summed E-state index contributed by atoms with van der Waals surface area (Å²) in [6, 6.07) is 11.8. The van der Waals surface area contributed by atoms with Gasteiger partial charge in [-0.25, -0.2) is 19.0 Å². The lowest BCUT2D eigenvalue weighted by molar-refractivity contribution is -0.124. The summed E-state index contributed by atoms with van der Waals surface area (Å²) in [6.07, 6.45) is 25.7. The zero-order valence-corrected chi connectivity index (χ0v) is 39.0. The molecule has 0 spiro atoms. The highest BCUT2D eigenvalue weighted by Gasteiger charge is 2.34. The van der Waals surface area contributed by atoms with Gasteiger partial charge in [0.1, 0.15) is 22.9 Å². The minimum Gasteiger partial charge on any atom is -0.496 e. The van der Waals surface area contributed by atoms with Crippen LogP contribution < -0.4 is 30.7 Å². The zero-order chi connectivity index (χ0) is 47.9. The van der Waals surface area contributed by atoms with Crippen molar-refractivity contribution in [1.82, 2.24) is 59.4 Å². The van der Waals surface area contributed by atoms with Crippen molar-refractivity contribution in [2.75, 3.05) is 24.9 Å². The molecule has 4 N–H and O–H groups in total. The number of hydrogen-bond donors (Lipinski definition) is 4. The van der Waals surface area contributed by atoms with E-state index in [9.17, 15) is 19.2 Å². The smallest absolute Gasteiger partial charge is 0.259 e. The normalized spacial score (nSPS) is 20.1. The summed E-state index contributed by atoms with van der Waals surface area (Å²) in [5, 5.41) is 31.9. The molecular weight excluding hydrogens is 893 g/mol. The van der Waals surface area contributed by atoms with Gasteiger partial charge in [0.05, 0.1) is 60.9 Å². The third-order valence-electron chi connectivity index (χ3n) is 14.0. The highest BCUT2D eigenvalue weighted by molar-refractivity contribution is 6.10. The van der Waals surface area contributed by atoms with Gasteiger partial charge in [-0.1, -0.05) is 0 Å². The van der Waals surface area contributed by atoms with E-state index in [2.05, 4.69) is 41.4 Å². The summed E-state index contributed by atoms with van der Waals surface area (Å²) in [5.41, 5.74) is 4.58. The summed E-state index contributed by atoms with van der Waals surface area (Å²) in [6.45, 7) is 0. The summed E-state index contributed by atoms with van der Waals surface area (Å²) in [5.74, 6) is 1.23. The summed E-state index contributed by atoms with van der Waals surface area (Å²) < 4.78 is 18.3. The van der Waals surface area contributed by atoms with Gasteiger partial charge in [-0.3, -0.25) is 28.5 Å². The largest absolute Gasteiger partial charge is 0.496 e. The average molecular weight is 947 g/mol. The molecule has 70 heavy (non-hydrogen) atoms. The first-order chi connectivity index (χ1) is 34.2. The third kappa shape index (κ3) is 9.32. The number of aromatic nitrogens is 10. The number of anilines is 2. The number of rotatable bonds is 12.